The second-order valence-electron chi connectivity index (χ2n) is 16.7. The first-order chi connectivity index (χ1) is 28.2. The quantitative estimate of drug-likeness (QED) is 0.120. The number of para-hydroxylation sites is 1. The molecule has 59 heavy (non-hydrogen) atoms. The van der Waals surface area contributed by atoms with Gasteiger partial charge in [-0.15, -0.1) is 21.5 Å². The molecule has 6 N–H and O–H groups in total. The van der Waals surface area contributed by atoms with Crippen LogP contribution in [0.2, 0.25) is 0 Å². The number of carbonyl (C=O) groups excluding carboxylic acids is 3. The number of aliphatic hydroxyl groups excluding tert-OH is 1. The van der Waals surface area contributed by atoms with E-state index in [0.29, 0.717) is 29.9 Å². The fourth-order valence-corrected chi connectivity index (χ4v) is 8.77. The molecule has 4 atom stereocenters. The molecule has 2 aliphatic heterocycles. The number of piperidine rings is 1. The molecule has 5 heterocycles. The van der Waals surface area contributed by atoms with Crippen LogP contribution in [0.15, 0.2) is 72.5 Å². The van der Waals surface area contributed by atoms with E-state index in [0.717, 1.165) is 46.6 Å². The van der Waals surface area contributed by atoms with Gasteiger partial charge in [-0.1, -0.05) is 57.2 Å². The number of aliphatic hydroxyl groups is 1. The highest BCUT2D eigenvalue weighted by atomic mass is 32.1. The van der Waals surface area contributed by atoms with Crippen LogP contribution < -0.4 is 16.4 Å². The number of anilines is 1. The van der Waals surface area contributed by atoms with Crippen LogP contribution in [0.4, 0.5) is 5.82 Å². The van der Waals surface area contributed by atoms with Crippen molar-refractivity contribution >= 4 is 34.9 Å². The summed E-state index contributed by atoms with van der Waals surface area (Å²) in [6.07, 6.45) is 4.77. The first-order valence-electron chi connectivity index (χ1n) is 19.9. The second-order valence-corrected chi connectivity index (χ2v) is 17.5. The van der Waals surface area contributed by atoms with Crippen LogP contribution in [0.3, 0.4) is 0 Å². The van der Waals surface area contributed by atoms with E-state index in [1.165, 1.54) is 4.90 Å². The number of carbonyl (C=O) groups is 3. The Morgan fingerprint density at radius 1 is 1.03 bits per heavy atom. The molecule has 16 heteroatoms. The first kappa shape index (κ1) is 41.4. The zero-order chi connectivity index (χ0) is 41.8. The Morgan fingerprint density at radius 2 is 1.81 bits per heavy atom. The van der Waals surface area contributed by atoms with Crippen LogP contribution in [0.25, 0.3) is 32.8 Å². The van der Waals surface area contributed by atoms with Crippen molar-refractivity contribution < 1.29 is 24.6 Å². The molecule has 2 fully saturated rings. The van der Waals surface area contributed by atoms with E-state index in [-0.39, 0.29) is 55.4 Å². The molecule has 0 unspecified atom stereocenters. The summed E-state index contributed by atoms with van der Waals surface area (Å²) in [5.74, 6) is -0.445. The smallest absolute Gasteiger partial charge is 0.246 e. The summed E-state index contributed by atoms with van der Waals surface area (Å²) in [7, 11) is 0. The maximum atomic E-state index is 14.2. The van der Waals surface area contributed by atoms with Crippen LogP contribution in [0.5, 0.6) is 5.75 Å². The van der Waals surface area contributed by atoms with Gasteiger partial charge in [0.25, 0.3) is 0 Å². The standard InChI is InChI=1S/C43H52N10O5S/c1-26-38(59-25-46-26)29-13-11-27(12-14-29)18-45-41(57)35-16-31(54)23-53(35)42(58)39(43(2,3)4)48-37(56)24-51-15-7-8-28(20-51)21-52-22-30(19-47-52)33-17-34(49-50-40(33)44)32-9-5-6-10-36(32)55/h5-6,9-14,17,19,22,25,28,31,35,39,54-55H,7-8,15-16,18,20-21,23-24H2,1-4H3,(H2,44,50)(H,45,57)(H,48,56)/t28-,31+,35-,39+/m0/s1. The van der Waals surface area contributed by atoms with Gasteiger partial charge in [0.1, 0.15) is 17.8 Å². The number of β-amino-alcohol motifs (C(OH)–C–C–N with tert-alkyl or cyclic N) is 1. The Bertz CT molecular complexity index is 2290. The van der Waals surface area contributed by atoms with Crippen LogP contribution in [0.1, 0.15) is 51.3 Å². The Kier molecular flexibility index (Phi) is 12.4. The SMILES string of the molecule is Cc1ncsc1-c1ccc(CNC(=O)[C@@H]2C[C@@H](O)CN2C(=O)[C@@H](NC(=O)CN2CCC[C@H](Cn3cc(-c4cc(-c5ccccc5O)nnc4N)cn3)C2)C(C)(C)C)cc1. The third-order valence-electron chi connectivity index (χ3n) is 11.1. The summed E-state index contributed by atoms with van der Waals surface area (Å²) in [4.78, 5) is 50.3. The number of benzene rings is 2. The average Bonchev–Trinajstić information content (AvgIpc) is 3.96. The molecule has 5 aromatic rings. The van der Waals surface area contributed by atoms with Crippen molar-refractivity contribution in [3.8, 4) is 38.6 Å². The summed E-state index contributed by atoms with van der Waals surface area (Å²) in [5.41, 5.74) is 12.8. The molecule has 15 nitrogen and oxygen atoms in total. The molecule has 3 aromatic heterocycles. The van der Waals surface area contributed by atoms with Crippen molar-refractivity contribution in [2.24, 2.45) is 11.3 Å². The van der Waals surface area contributed by atoms with E-state index in [4.69, 9.17) is 5.73 Å². The van der Waals surface area contributed by atoms with Crippen LogP contribution in [0, 0.1) is 18.3 Å². The normalized spacial score (nSPS) is 19.1. The number of phenolic OH excluding ortho intramolecular Hbond substituents is 1. The molecular weight excluding hydrogens is 769 g/mol. The van der Waals surface area contributed by atoms with Crippen molar-refractivity contribution in [3.05, 3.63) is 83.8 Å². The van der Waals surface area contributed by atoms with Gasteiger partial charge in [0.05, 0.1) is 40.6 Å². The minimum atomic E-state index is -0.914. The van der Waals surface area contributed by atoms with E-state index in [1.54, 1.807) is 41.8 Å². The maximum absolute atomic E-state index is 14.2. The van der Waals surface area contributed by atoms with E-state index in [1.807, 2.05) is 74.4 Å². The number of nitrogens with one attached hydrogen (secondary N) is 2. The van der Waals surface area contributed by atoms with Gasteiger partial charge in [0, 0.05) is 55.5 Å². The van der Waals surface area contributed by atoms with Gasteiger partial charge in [0.15, 0.2) is 5.82 Å². The van der Waals surface area contributed by atoms with Gasteiger partial charge in [-0.3, -0.25) is 24.0 Å². The van der Waals surface area contributed by atoms with E-state index in [2.05, 4.69) is 35.8 Å². The van der Waals surface area contributed by atoms with Crippen molar-refractivity contribution in [1.82, 2.24) is 45.4 Å². The fourth-order valence-electron chi connectivity index (χ4n) is 7.96. The molecule has 0 saturated carbocycles. The molecule has 2 aromatic carbocycles. The molecule has 310 valence electrons. The molecule has 7 rings (SSSR count). The number of nitrogen functional groups attached to an aromatic ring is 1. The lowest BCUT2D eigenvalue weighted by molar-refractivity contribution is -0.144. The molecule has 0 aliphatic carbocycles. The lowest BCUT2D eigenvalue weighted by Crippen LogP contribution is -2.59. The number of nitrogens with two attached hydrogens (primary N) is 1. The number of amides is 3. The minimum Gasteiger partial charge on any atom is -0.507 e. The highest BCUT2D eigenvalue weighted by Crippen LogP contribution is 2.33. The number of hydrogen-bond acceptors (Lipinski definition) is 12. The first-order valence-corrected chi connectivity index (χ1v) is 20.8. The topological polar surface area (TPSA) is 205 Å². The van der Waals surface area contributed by atoms with Gasteiger partial charge in [0.2, 0.25) is 17.7 Å². The predicted octanol–water partition coefficient (Wildman–Crippen LogP) is 4.25. The van der Waals surface area contributed by atoms with Gasteiger partial charge in [-0.2, -0.15) is 5.10 Å². The number of rotatable bonds is 12. The fraction of sp³-hybridized carbons (Fsp3) is 0.419. The monoisotopic (exact) mass is 820 g/mol. The van der Waals surface area contributed by atoms with Crippen molar-refractivity contribution in [2.75, 3.05) is 31.9 Å². The molecule has 3 amide bonds. The number of thiazole rings is 1. The predicted molar refractivity (Wildman–Crippen MR) is 226 cm³/mol. The minimum absolute atomic E-state index is 0.00720. The number of hydrogen-bond donors (Lipinski definition) is 5. The average molecular weight is 821 g/mol. The zero-order valence-electron chi connectivity index (χ0n) is 33.8. The number of nitrogens with zero attached hydrogens (tertiary/aromatic N) is 7. The maximum Gasteiger partial charge on any atom is 0.246 e. The van der Waals surface area contributed by atoms with Gasteiger partial charge < -0.3 is 31.5 Å². The Hall–Kier alpha value is -5.71. The molecule has 2 aliphatic rings. The highest BCUT2D eigenvalue weighted by Gasteiger charge is 2.44. The number of aromatic nitrogens is 5. The Morgan fingerprint density at radius 3 is 2.54 bits per heavy atom. The summed E-state index contributed by atoms with van der Waals surface area (Å²) in [6.45, 7) is 10.0. The van der Waals surface area contributed by atoms with Crippen LogP contribution >= 0.6 is 11.3 Å². The number of phenols is 1. The summed E-state index contributed by atoms with van der Waals surface area (Å²) < 4.78 is 1.87. The Balaban J connectivity index is 0.940. The van der Waals surface area contributed by atoms with Crippen LogP contribution in [-0.4, -0.2) is 107 Å². The molecule has 2 saturated heterocycles. The van der Waals surface area contributed by atoms with Gasteiger partial charge in [-0.05, 0) is 67.0 Å². The summed E-state index contributed by atoms with van der Waals surface area (Å²) in [6, 6.07) is 14.8. The van der Waals surface area contributed by atoms with Crippen molar-refractivity contribution in [3.63, 3.8) is 0 Å². The number of likely N-dealkylation sites (tertiary alicyclic amines) is 2. The van der Waals surface area contributed by atoms with E-state index >= 15 is 0 Å². The van der Waals surface area contributed by atoms with E-state index < -0.39 is 29.5 Å². The zero-order valence-corrected chi connectivity index (χ0v) is 34.7. The van der Waals surface area contributed by atoms with Gasteiger partial charge in [-0.25, -0.2) is 4.98 Å². The molecule has 0 bridgehead atoms. The van der Waals surface area contributed by atoms with Crippen LogP contribution in [-0.2, 0) is 27.5 Å². The number of aromatic hydroxyl groups is 1. The highest BCUT2D eigenvalue weighted by molar-refractivity contribution is 7.13. The summed E-state index contributed by atoms with van der Waals surface area (Å²) in [5, 5.41) is 39.8. The molecule has 0 radical (unpaired) electrons. The number of aryl methyl sites for hydroxylation is 1. The largest absolute Gasteiger partial charge is 0.507 e. The Labute approximate surface area is 347 Å². The third-order valence-corrected chi connectivity index (χ3v) is 12.1. The van der Waals surface area contributed by atoms with Crippen molar-refractivity contribution in [2.45, 2.75) is 78.2 Å². The van der Waals surface area contributed by atoms with E-state index in [9.17, 15) is 24.6 Å². The second kappa shape index (κ2) is 17.6. The molecule has 0 spiro atoms. The van der Waals surface area contributed by atoms with Crippen molar-refractivity contribution in [1.29, 1.82) is 0 Å². The summed E-state index contributed by atoms with van der Waals surface area (Å²) >= 11 is 1.58. The lowest BCUT2D eigenvalue weighted by atomic mass is 9.85. The third kappa shape index (κ3) is 9.78. The van der Waals surface area contributed by atoms with Gasteiger partial charge >= 0.3 is 0 Å². The lowest BCUT2D eigenvalue weighted by Gasteiger charge is -2.36. The molecular formula is C43H52N10O5S.